The molecule has 3 rings (SSSR count). The first-order chi connectivity index (χ1) is 15.5. The summed E-state index contributed by atoms with van der Waals surface area (Å²) in [5.74, 6) is 0.654. The third kappa shape index (κ3) is 6.35. The normalized spacial score (nSPS) is 18.3. The number of ether oxygens (including phenoxy) is 1. The number of nitrogens with zero attached hydrogens (tertiary/aromatic N) is 3. The van der Waals surface area contributed by atoms with Crippen LogP contribution in [0, 0.1) is 5.41 Å². The quantitative estimate of drug-likeness (QED) is 0.400. The van der Waals surface area contributed by atoms with E-state index in [1.54, 1.807) is 30.9 Å². The number of hydrazone groups is 1. The first-order valence-electron chi connectivity index (χ1n) is 10.3. The van der Waals surface area contributed by atoms with E-state index in [0.717, 1.165) is 29.9 Å². The van der Waals surface area contributed by atoms with Gasteiger partial charge < -0.3 is 4.74 Å². The number of carbonyl (C=O) groups excluding carboxylic acids is 1. The van der Waals surface area contributed by atoms with Crippen LogP contribution in [-0.2, 0) is 0 Å². The fourth-order valence-corrected chi connectivity index (χ4v) is 4.32. The van der Waals surface area contributed by atoms with Crippen molar-refractivity contribution in [1.29, 1.82) is 0 Å². The summed E-state index contributed by atoms with van der Waals surface area (Å²) >= 11 is 7.81. The molecule has 1 aliphatic rings. The molecule has 1 heterocycles. The van der Waals surface area contributed by atoms with Gasteiger partial charge in [0.25, 0.3) is 0 Å². The van der Waals surface area contributed by atoms with E-state index in [1.807, 2.05) is 12.1 Å². The van der Waals surface area contributed by atoms with Crippen LogP contribution in [0.3, 0.4) is 0 Å². The highest BCUT2D eigenvalue weighted by Gasteiger charge is 2.41. The molecule has 5 nitrogen and oxygen atoms in total. The van der Waals surface area contributed by atoms with Crippen molar-refractivity contribution in [2.75, 3.05) is 30.5 Å². The zero-order chi connectivity index (χ0) is 24.2. The summed E-state index contributed by atoms with van der Waals surface area (Å²) in [6.07, 6.45) is -0.887. The molecule has 0 radical (unpaired) electrons. The first-order valence-corrected chi connectivity index (χ1v) is 12.0. The van der Waals surface area contributed by atoms with Gasteiger partial charge in [-0.1, -0.05) is 30.7 Å². The molecule has 0 N–H and O–H groups in total. The second-order valence-corrected chi connectivity index (χ2v) is 9.48. The van der Waals surface area contributed by atoms with Gasteiger partial charge in [0.15, 0.2) is 0 Å². The van der Waals surface area contributed by atoms with Gasteiger partial charge >= 0.3 is 12.4 Å². The average molecular weight is 500 g/mol. The van der Waals surface area contributed by atoms with Crippen LogP contribution in [0.15, 0.2) is 53.6 Å². The standard InChI is InChI=1S/C23H25ClF3N3O2S/c1-22(13-4-14-33-3)15-30(28-20(22)16-5-7-17(24)8-6-16)21(31)29(2)18-9-11-19(12-10-18)32-23(25,26)27/h5-12H,4,13-15H2,1-3H3. The van der Waals surface area contributed by atoms with E-state index >= 15 is 0 Å². The Labute approximate surface area is 200 Å². The fourth-order valence-electron chi connectivity index (χ4n) is 3.77. The molecule has 1 atom stereocenters. The smallest absolute Gasteiger partial charge is 0.406 e. The number of anilines is 1. The van der Waals surface area contributed by atoms with Gasteiger partial charge in [-0.15, -0.1) is 13.2 Å². The second-order valence-electron chi connectivity index (χ2n) is 8.05. The molecule has 1 unspecified atom stereocenters. The van der Waals surface area contributed by atoms with Crippen LogP contribution in [-0.4, -0.2) is 48.7 Å². The third-order valence-corrected chi connectivity index (χ3v) is 6.40. The summed E-state index contributed by atoms with van der Waals surface area (Å²) in [6, 6.07) is 12.1. The summed E-state index contributed by atoms with van der Waals surface area (Å²) in [5.41, 5.74) is 1.80. The van der Waals surface area contributed by atoms with E-state index in [4.69, 9.17) is 11.6 Å². The van der Waals surface area contributed by atoms with Gasteiger partial charge in [-0.05, 0) is 66.8 Å². The van der Waals surface area contributed by atoms with Crippen molar-refractivity contribution in [3.63, 3.8) is 0 Å². The lowest BCUT2D eigenvalue weighted by atomic mass is 9.78. The molecule has 33 heavy (non-hydrogen) atoms. The molecule has 0 fully saturated rings. The van der Waals surface area contributed by atoms with Gasteiger partial charge in [-0.3, -0.25) is 4.90 Å². The van der Waals surface area contributed by atoms with E-state index in [0.29, 0.717) is 17.3 Å². The highest BCUT2D eigenvalue weighted by atomic mass is 35.5. The number of carbonyl (C=O) groups is 1. The molecule has 0 saturated carbocycles. The van der Waals surface area contributed by atoms with Crippen molar-refractivity contribution >= 4 is 40.8 Å². The van der Waals surface area contributed by atoms with Crippen molar-refractivity contribution in [3.05, 3.63) is 59.1 Å². The number of halogens is 4. The molecular formula is C23H25ClF3N3O2S. The highest BCUT2D eigenvalue weighted by Crippen LogP contribution is 2.37. The molecule has 0 aliphatic carbocycles. The van der Waals surface area contributed by atoms with Crippen LogP contribution < -0.4 is 9.64 Å². The van der Waals surface area contributed by atoms with Gasteiger partial charge in [0.2, 0.25) is 0 Å². The van der Waals surface area contributed by atoms with E-state index in [-0.39, 0.29) is 17.2 Å². The molecule has 0 aromatic heterocycles. The maximum atomic E-state index is 13.2. The molecule has 2 aromatic rings. The van der Waals surface area contributed by atoms with Crippen molar-refractivity contribution in [2.24, 2.45) is 10.5 Å². The van der Waals surface area contributed by atoms with Crippen molar-refractivity contribution in [3.8, 4) is 5.75 Å². The number of amides is 2. The van der Waals surface area contributed by atoms with Gasteiger partial charge in [0, 0.05) is 23.2 Å². The number of hydrogen-bond acceptors (Lipinski definition) is 4. The Bertz CT molecular complexity index is 1000. The number of urea groups is 1. The van der Waals surface area contributed by atoms with Crippen molar-refractivity contribution in [1.82, 2.24) is 5.01 Å². The second kappa shape index (κ2) is 10.3. The number of rotatable bonds is 7. The van der Waals surface area contributed by atoms with Crippen LogP contribution in [0.1, 0.15) is 25.3 Å². The van der Waals surface area contributed by atoms with E-state index < -0.39 is 6.36 Å². The molecule has 0 saturated heterocycles. The number of thioether (sulfide) groups is 1. The van der Waals surface area contributed by atoms with Crippen LogP contribution in [0.4, 0.5) is 23.7 Å². The molecule has 0 bridgehead atoms. The summed E-state index contributed by atoms with van der Waals surface area (Å²) in [7, 11) is 1.56. The van der Waals surface area contributed by atoms with E-state index in [1.165, 1.54) is 34.2 Å². The molecule has 0 spiro atoms. The molecular weight excluding hydrogens is 475 g/mol. The maximum Gasteiger partial charge on any atom is 0.573 e. The molecule has 2 amide bonds. The predicted molar refractivity (Wildman–Crippen MR) is 127 cm³/mol. The van der Waals surface area contributed by atoms with Crippen molar-refractivity contribution in [2.45, 2.75) is 26.1 Å². The Morgan fingerprint density at radius 3 is 2.42 bits per heavy atom. The highest BCUT2D eigenvalue weighted by molar-refractivity contribution is 7.98. The zero-order valence-corrected chi connectivity index (χ0v) is 20.1. The Hall–Kier alpha value is -2.39. The first kappa shape index (κ1) is 25.2. The lowest BCUT2D eigenvalue weighted by molar-refractivity contribution is -0.274. The number of alkyl halides is 3. The van der Waals surface area contributed by atoms with Gasteiger partial charge in [-0.25, -0.2) is 9.80 Å². The number of hydrogen-bond donors (Lipinski definition) is 0. The Morgan fingerprint density at radius 1 is 1.21 bits per heavy atom. The van der Waals surface area contributed by atoms with Crippen LogP contribution in [0.25, 0.3) is 0 Å². The van der Waals surface area contributed by atoms with Crippen LogP contribution in [0.2, 0.25) is 5.02 Å². The predicted octanol–water partition coefficient (Wildman–Crippen LogP) is 6.66. The SMILES string of the molecule is CSCCCC1(C)CN(C(=O)N(C)c2ccc(OC(F)(F)F)cc2)N=C1c1ccc(Cl)cc1. The average Bonchev–Trinajstić information content (AvgIpc) is 3.10. The molecule has 10 heteroatoms. The molecule has 2 aromatic carbocycles. The summed E-state index contributed by atoms with van der Waals surface area (Å²) in [6.45, 7) is 2.50. The summed E-state index contributed by atoms with van der Waals surface area (Å²) in [5, 5.41) is 6.71. The molecule has 178 valence electrons. The summed E-state index contributed by atoms with van der Waals surface area (Å²) < 4.78 is 41.1. The zero-order valence-electron chi connectivity index (χ0n) is 18.5. The Balaban J connectivity index is 1.82. The Kier molecular flexibility index (Phi) is 7.84. The topological polar surface area (TPSA) is 45.1 Å². The van der Waals surface area contributed by atoms with Gasteiger partial charge in [0.05, 0.1) is 12.3 Å². The lowest BCUT2D eigenvalue weighted by Crippen LogP contribution is -2.40. The largest absolute Gasteiger partial charge is 0.573 e. The fraction of sp³-hybridized carbons (Fsp3) is 0.391. The van der Waals surface area contributed by atoms with E-state index in [9.17, 15) is 18.0 Å². The van der Waals surface area contributed by atoms with E-state index in [2.05, 4.69) is 23.0 Å². The van der Waals surface area contributed by atoms with Crippen LogP contribution in [0.5, 0.6) is 5.75 Å². The number of benzene rings is 2. The van der Waals surface area contributed by atoms with Crippen LogP contribution >= 0.6 is 23.4 Å². The molecule has 1 aliphatic heterocycles. The monoisotopic (exact) mass is 499 g/mol. The van der Waals surface area contributed by atoms with Gasteiger partial charge in [-0.2, -0.15) is 16.9 Å². The Morgan fingerprint density at radius 2 is 1.85 bits per heavy atom. The third-order valence-electron chi connectivity index (χ3n) is 5.45. The minimum Gasteiger partial charge on any atom is -0.406 e. The van der Waals surface area contributed by atoms with Crippen molar-refractivity contribution < 1.29 is 22.7 Å². The minimum atomic E-state index is -4.77. The van der Waals surface area contributed by atoms with Gasteiger partial charge in [0.1, 0.15) is 5.75 Å². The minimum absolute atomic E-state index is 0.343. The lowest BCUT2D eigenvalue weighted by Gasteiger charge is -2.28. The summed E-state index contributed by atoms with van der Waals surface area (Å²) in [4.78, 5) is 14.6. The maximum absolute atomic E-state index is 13.2.